The zero-order valence-electron chi connectivity index (χ0n) is 15.4. The van der Waals surface area contributed by atoms with Crippen molar-refractivity contribution in [3.8, 4) is 0 Å². The van der Waals surface area contributed by atoms with Crippen molar-refractivity contribution in [2.45, 2.75) is 51.1 Å². The van der Waals surface area contributed by atoms with Gasteiger partial charge >= 0.3 is 0 Å². The maximum Gasteiger partial charge on any atom is 0.225 e. The summed E-state index contributed by atoms with van der Waals surface area (Å²) in [6, 6.07) is 8.49. The number of nitrogens with zero attached hydrogens (tertiary/aromatic N) is 4. The number of hydrogen-bond donors (Lipinski definition) is 1. The molecule has 1 saturated carbocycles. The normalized spacial score (nSPS) is 16.2. The lowest BCUT2D eigenvalue weighted by Crippen LogP contribution is -2.30. The maximum atomic E-state index is 12.6. The van der Waals surface area contributed by atoms with E-state index in [-0.39, 0.29) is 11.9 Å². The van der Waals surface area contributed by atoms with Gasteiger partial charge in [0.15, 0.2) is 5.82 Å². The van der Waals surface area contributed by atoms with E-state index in [9.17, 15) is 4.79 Å². The van der Waals surface area contributed by atoms with E-state index in [1.807, 2.05) is 32.3 Å². The molecule has 2 aromatic heterocycles. The molecular weight excluding hydrogens is 326 g/mol. The van der Waals surface area contributed by atoms with Crippen molar-refractivity contribution < 1.29 is 4.79 Å². The molecular formula is C20H25N5O. The molecule has 0 aliphatic heterocycles. The number of nitrogens with one attached hydrogen (secondary N) is 1. The highest BCUT2D eigenvalue weighted by atomic mass is 16.1. The van der Waals surface area contributed by atoms with Crippen LogP contribution in [0.25, 0.3) is 10.9 Å². The van der Waals surface area contributed by atoms with Gasteiger partial charge in [-0.1, -0.05) is 31.0 Å². The Hall–Kier alpha value is -2.63. The first-order valence-corrected chi connectivity index (χ1v) is 9.35. The van der Waals surface area contributed by atoms with Gasteiger partial charge in [-0.25, -0.2) is 0 Å². The molecule has 6 heteroatoms. The van der Waals surface area contributed by atoms with Gasteiger partial charge in [0.05, 0.1) is 12.5 Å². The van der Waals surface area contributed by atoms with Crippen LogP contribution in [0, 0.1) is 0 Å². The van der Waals surface area contributed by atoms with Crippen LogP contribution >= 0.6 is 0 Å². The topological polar surface area (TPSA) is 64.7 Å². The van der Waals surface area contributed by atoms with Crippen LogP contribution in [0.5, 0.6) is 0 Å². The third-order valence-electron chi connectivity index (χ3n) is 5.41. The van der Waals surface area contributed by atoms with Crippen LogP contribution in [0.2, 0.25) is 0 Å². The van der Waals surface area contributed by atoms with E-state index in [4.69, 9.17) is 0 Å². The SMILES string of the molecule is C[C@H](NC(=O)Cc1cn(C)c2ccccc12)c1nncn1C1CCCC1. The Morgan fingerprint density at radius 3 is 2.88 bits per heavy atom. The van der Waals surface area contributed by atoms with E-state index in [1.165, 1.54) is 25.7 Å². The Bertz CT molecular complexity index is 919. The fraction of sp³-hybridized carbons (Fsp3) is 0.450. The second kappa shape index (κ2) is 6.94. The first kappa shape index (κ1) is 16.8. The zero-order chi connectivity index (χ0) is 18.1. The van der Waals surface area contributed by atoms with E-state index in [1.54, 1.807) is 6.33 Å². The first-order chi connectivity index (χ1) is 12.6. The fourth-order valence-electron chi connectivity index (χ4n) is 4.12. The summed E-state index contributed by atoms with van der Waals surface area (Å²) in [5, 5.41) is 12.6. The van der Waals surface area contributed by atoms with Crippen molar-refractivity contribution >= 4 is 16.8 Å². The molecule has 26 heavy (non-hydrogen) atoms. The van der Waals surface area contributed by atoms with Crippen LogP contribution < -0.4 is 5.32 Å². The number of carbonyl (C=O) groups excluding carboxylic acids is 1. The summed E-state index contributed by atoms with van der Waals surface area (Å²) >= 11 is 0. The summed E-state index contributed by atoms with van der Waals surface area (Å²) in [4.78, 5) is 12.6. The lowest BCUT2D eigenvalue weighted by atomic mass is 10.1. The van der Waals surface area contributed by atoms with Crippen LogP contribution in [-0.2, 0) is 18.3 Å². The minimum absolute atomic E-state index is 0.00910. The number of aryl methyl sites for hydroxylation is 1. The molecule has 0 spiro atoms. The van der Waals surface area contributed by atoms with Gasteiger partial charge < -0.3 is 14.5 Å². The minimum Gasteiger partial charge on any atom is -0.350 e. The summed E-state index contributed by atoms with van der Waals surface area (Å²) < 4.78 is 4.22. The molecule has 1 atom stereocenters. The Morgan fingerprint density at radius 1 is 1.31 bits per heavy atom. The lowest BCUT2D eigenvalue weighted by molar-refractivity contribution is -0.121. The molecule has 1 amide bonds. The van der Waals surface area contributed by atoms with Gasteiger partial charge in [0.1, 0.15) is 6.33 Å². The molecule has 0 radical (unpaired) electrons. The number of hydrogen-bond acceptors (Lipinski definition) is 3. The average Bonchev–Trinajstić information content (AvgIpc) is 3.35. The Morgan fingerprint density at radius 2 is 2.08 bits per heavy atom. The fourth-order valence-corrected chi connectivity index (χ4v) is 4.12. The molecule has 3 aromatic rings. The number of aromatic nitrogens is 4. The van der Waals surface area contributed by atoms with Crippen LogP contribution in [0.4, 0.5) is 0 Å². The largest absolute Gasteiger partial charge is 0.350 e. The molecule has 1 aliphatic carbocycles. The quantitative estimate of drug-likeness (QED) is 0.767. The van der Waals surface area contributed by atoms with Crippen molar-refractivity contribution in [3.63, 3.8) is 0 Å². The van der Waals surface area contributed by atoms with Crippen molar-refractivity contribution in [3.05, 3.63) is 48.2 Å². The summed E-state index contributed by atoms with van der Waals surface area (Å²) in [6.07, 6.45) is 9.05. The van der Waals surface area contributed by atoms with Crippen LogP contribution in [0.3, 0.4) is 0 Å². The van der Waals surface area contributed by atoms with Crippen molar-refractivity contribution in [1.82, 2.24) is 24.6 Å². The Kier molecular flexibility index (Phi) is 4.49. The smallest absolute Gasteiger partial charge is 0.225 e. The predicted octanol–water partition coefficient (Wildman–Crippen LogP) is 3.30. The van der Waals surface area contributed by atoms with Gasteiger partial charge in [-0.15, -0.1) is 10.2 Å². The van der Waals surface area contributed by atoms with E-state index in [2.05, 4.69) is 36.8 Å². The van der Waals surface area contributed by atoms with Gasteiger partial charge in [0, 0.05) is 30.2 Å². The van der Waals surface area contributed by atoms with E-state index < -0.39 is 0 Å². The molecule has 0 saturated heterocycles. The van der Waals surface area contributed by atoms with Gasteiger partial charge in [0.2, 0.25) is 5.91 Å². The number of carbonyl (C=O) groups is 1. The third kappa shape index (κ3) is 3.11. The maximum absolute atomic E-state index is 12.6. The van der Waals surface area contributed by atoms with E-state index in [0.717, 1.165) is 22.3 Å². The highest BCUT2D eigenvalue weighted by Crippen LogP contribution is 2.31. The first-order valence-electron chi connectivity index (χ1n) is 9.35. The number of fused-ring (bicyclic) bond motifs is 1. The number of para-hydroxylation sites is 1. The number of benzene rings is 1. The van der Waals surface area contributed by atoms with Crippen LogP contribution in [-0.4, -0.2) is 25.2 Å². The van der Waals surface area contributed by atoms with Gasteiger partial charge in [-0.2, -0.15) is 0 Å². The van der Waals surface area contributed by atoms with Crippen molar-refractivity contribution in [2.24, 2.45) is 7.05 Å². The summed E-state index contributed by atoms with van der Waals surface area (Å²) in [5.41, 5.74) is 2.19. The molecule has 136 valence electrons. The lowest BCUT2D eigenvalue weighted by Gasteiger charge is -2.18. The highest BCUT2D eigenvalue weighted by Gasteiger charge is 2.23. The summed E-state index contributed by atoms with van der Waals surface area (Å²) in [7, 11) is 2.01. The third-order valence-corrected chi connectivity index (χ3v) is 5.41. The number of rotatable bonds is 5. The molecule has 6 nitrogen and oxygen atoms in total. The number of amides is 1. The predicted molar refractivity (Wildman–Crippen MR) is 101 cm³/mol. The molecule has 1 N–H and O–H groups in total. The molecule has 1 aromatic carbocycles. The van der Waals surface area contributed by atoms with E-state index in [0.29, 0.717) is 12.5 Å². The van der Waals surface area contributed by atoms with Gasteiger partial charge in [-0.3, -0.25) is 4.79 Å². The van der Waals surface area contributed by atoms with Gasteiger partial charge in [-0.05, 0) is 31.4 Å². The molecule has 4 rings (SSSR count). The average molecular weight is 351 g/mol. The summed E-state index contributed by atoms with van der Waals surface area (Å²) in [5.74, 6) is 0.859. The standard InChI is InChI=1S/C20H25N5O/c1-14(20-23-21-13-25(20)16-7-3-4-8-16)22-19(26)11-15-12-24(2)18-10-6-5-9-17(15)18/h5-6,9-10,12-14,16H,3-4,7-8,11H2,1-2H3,(H,22,26)/t14-/m0/s1. The van der Waals surface area contributed by atoms with Crippen molar-refractivity contribution in [2.75, 3.05) is 0 Å². The Labute approximate surface area is 153 Å². The van der Waals surface area contributed by atoms with E-state index >= 15 is 0 Å². The molecule has 1 aliphatic rings. The molecule has 1 fully saturated rings. The zero-order valence-corrected chi connectivity index (χ0v) is 15.4. The second-order valence-electron chi connectivity index (χ2n) is 7.28. The molecule has 2 heterocycles. The van der Waals surface area contributed by atoms with Crippen LogP contribution in [0.15, 0.2) is 36.8 Å². The summed E-state index contributed by atoms with van der Waals surface area (Å²) in [6.45, 7) is 1.98. The monoisotopic (exact) mass is 351 g/mol. The molecule has 0 bridgehead atoms. The minimum atomic E-state index is -0.152. The van der Waals surface area contributed by atoms with Gasteiger partial charge in [0.25, 0.3) is 0 Å². The molecule has 0 unspecified atom stereocenters. The van der Waals surface area contributed by atoms with Crippen LogP contribution in [0.1, 0.15) is 56.1 Å². The van der Waals surface area contributed by atoms with Crippen molar-refractivity contribution in [1.29, 1.82) is 0 Å². The second-order valence-corrected chi connectivity index (χ2v) is 7.28. The Balaban J connectivity index is 1.47. The highest BCUT2D eigenvalue weighted by molar-refractivity contribution is 5.89.